The first-order chi connectivity index (χ1) is 8.87. The topological polar surface area (TPSA) is 57.7 Å². The second-order valence-corrected chi connectivity index (χ2v) is 7.84. The summed E-state index contributed by atoms with van der Waals surface area (Å²) in [5.41, 5.74) is 1.21. The molecule has 2 aliphatic heterocycles. The van der Waals surface area contributed by atoms with Crippen molar-refractivity contribution in [1.29, 1.82) is 0 Å². The van der Waals surface area contributed by atoms with Gasteiger partial charge >= 0.3 is 0 Å². The zero-order valence-electron chi connectivity index (χ0n) is 11.6. The predicted molar refractivity (Wildman–Crippen MR) is 74.6 cm³/mol. The first-order valence-electron chi connectivity index (χ1n) is 6.71. The molecule has 1 atom stereocenters. The lowest BCUT2D eigenvalue weighted by molar-refractivity contribution is -0.132. The van der Waals surface area contributed by atoms with E-state index >= 15 is 0 Å². The maximum atomic E-state index is 12.2. The molecule has 0 aromatic carbocycles. The normalized spacial score (nSPS) is 28.0. The van der Waals surface area contributed by atoms with Gasteiger partial charge < -0.3 is 9.80 Å². The molecule has 0 spiro atoms. The molecule has 0 N–H and O–H groups in total. The second kappa shape index (κ2) is 5.63. The van der Waals surface area contributed by atoms with Gasteiger partial charge in [0, 0.05) is 32.1 Å². The van der Waals surface area contributed by atoms with Gasteiger partial charge in [-0.2, -0.15) is 0 Å². The third kappa shape index (κ3) is 3.79. The van der Waals surface area contributed by atoms with Crippen LogP contribution in [0.3, 0.4) is 0 Å². The average molecular weight is 286 g/mol. The Morgan fingerprint density at radius 1 is 1.42 bits per heavy atom. The largest absolute Gasteiger partial charge is 0.338 e. The number of nitrogens with zero attached hydrogens (tertiary/aromatic N) is 2. The number of carbonyl (C=O) groups excluding carboxylic acids is 1. The zero-order chi connectivity index (χ0) is 14.0. The lowest BCUT2D eigenvalue weighted by Crippen LogP contribution is -2.49. The number of amides is 1. The van der Waals surface area contributed by atoms with Gasteiger partial charge in [0.2, 0.25) is 5.91 Å². The summed E-state index contributed by atoms with van der Waals surface area (Å²) in [4.78, 5) is 16.1. The summed E-state index contributed by atoms with van der Waals surface area (Å²) < 4.78 is 23.3. The van der Waals surface area contributed by atoms with Crippen LogP contribution in [0.1, 0.15) is 19.8 Å². The third-order valence-electron chi connectivity index (χ3n) is 3.92. The fourth-order valence-electron chi connectivity index (χ4n) is 2.64. The fraction of sp³-hybridized carbons (Fsp3) is 0.769. The maximum Gasteiger partial charge on any atom is 0.224 e. The van der Waals surface area contributed by atoms with Crippen LogP contribution in [0.15, 0.2) is 11.6 Å². The summed E-state index contributed by atoms with van der Waals surface area (Å²) in [5, 5.41) is 0. The first-order valence-corrected chi connectivity index (χ1v) is 8.53. The molecule has 1 saturated heterocycles. The zero-order valence-corrected chi connectivity index (χ0v) is 12.4. The van der Waals surface area contributed by atoms with Crippen LogP contribution in [0.4, 0.5) is 0 Å². The molecule has 2 heterocycles. The van der Waals surface area contributed by atoms with Crippen LogP contribution in [0.25, 0.3) is 0 Å². The highest BCUT2D eigenvalue weighted by molar-refractivity contribution is 7.91. The molecule has 2 aliphatic rings. The van der Waals surface area contributed by atoms with E-state index in [-0.39, 0.29) is 23.5 Å². The molecule has 0 aliphatic carbocycles. The molecule has 6 heteroatoms. The Hall–Kier alpha value is -0.880. The minimum absolute atomic E-state index is 0.0707. The first kappa shape index (κ1) is 14.5. The van der Waals surface area contributed by atoms with Crippen LogP contribution in [-0.4, -0.2) is 68.4 Å². The number of rotatable bonds is 2. The lowest BCUT2D eigenvalue weighted by atomic mass is 10.1. The number of hydrogen-bond acceptors (Lipinski definition) is 4. The van der Waals surface area contributed by atoms with E-state index in [4.69, 9.17) is 0 Å². The van der Waals surface area contributed by atoms with E-state index in [1.807, 2.05) is 23.8 Å². The van der Waals surface area contributed by atoms with Gasteiger partial charge in [-0.05, 0) is 20.4 Å². The van der Waals surface area contributed by atoms with E-state index in [9.17, 15) is 13.2 Å². The number of sulfone groups is 1. The molecule has 2 rings (SSSR count). The molecular formula is C13H22N2O3S. The van der Waals surface area contributed by atoms with Crippen molar-refractivity contribution >= 4 is 15.7 Å². The van der Waals surface area contributed by atoms with Crippen molar-refractivity contribution in [2.75, 3.05) is 38.2 Å². The standard InChI is InChI=1S/C13H22N2O3S/c1-11-4-3-5-15(9-11)13(16)8-12-10-19(17,18)7-6-14(12)2/h4,12H,3,5-10H2,1-2H3. The molecule has 1 amide bonds. The highest BCUT2D eigenvalue weighted by Crippen LogP contribution is 2.16. The van der Waals surface area contributed by atoms with Gasteiger partial charge in [-0.1, -0.05) is 11.6 Å². The Morgan fingerprint density at radius 2 is 2.16 bits per heavy atom. The predicted octanol–water partition coefficient (Wildman–Crippen LogP) is 0.284. The van der Waals surface area contributed by atoms with Crippen LogP contribution < -0.4 is 0 Å². The quantitative estimate of drug-likeness (QED) is 0.684. The van der Waals surface area contributed by atoms with Gasteiger partial charge in [-0.15, -0.1) is 0 Å². The van der Waals surface area contributed by atoms with E-state index in [1.165, 1.54) is 5.57 Å². The number of hydrogen-bond donors (Lipinski definition) is 0. The van der Waals surface area contributed by atoms with Gasteiger partial charge in [0.25, 0.3) is 0 Å². The lowest BCUT2D eigenvalue weighted by Gasteiger charge is -2.34. The van der Waals surface area contributed by atoms with E-state index in [0.717, 1.165) is 13.0 Å². The summed E-state index contributed by atoms with van der Waals surface area (Å²) in [6.45, 7) is 3.98. The van der Waals surface area contributed by atoms with Gasteiger partial charge in [0.15, 0.2) is 9.84 Å². The Morgan fingerprint density at radius 3 is 2.84 bits per heavy atom. The highest BCUT2D eigenvalue weighted by atomic mass is 32.2. The van der Waals surface area contributed by atoms with Crippen molar-refractivity contribution in [3.63, 3.8) is 0 Å². The monoisotopic (exact) mass is 286 g/mol. The second-order valence-electron chi connectivity index (χ2n) is 5.61. The van der Waals surface area contributed by atoms with Gasteiger partial charge in [-0.3, -0.25) is 4.79 Å². The molecule has 19 heavy (non-hydrogen) atoms. The van der Waals surface area contributed by atoms with Gasteiger partial charge in [-0.25, -0.2) is 8.42 Å². The number of carbonyl (C=O) groups is 1. The Kier molecular flexibility index (Phi) is 4.30. The van der Waals surface area contributed by atoms with Crippen molar-refractivity contribution in [2.45, 2.75) is 25.8 Å². The summed E-state index contributed by atoms with van der Waals surface area (Å²) >= 11 is 0. The van der Waals surface area contributed by atoms with E-state index < -0.39 is 9.84 Å². The molecule has 0 saturated carbocycles. The molecule has 0 aromatic heterocycles. The van der Waals surface area contributed by atoms with Crippen molar-refractivity contribution in [3.8, 4) is 0 Å². The maximum absolute atomic E-state index is 12.2. The Labute approximate surface area is 115 Å². The summed E-state index contributed by atoms with van der Waals surface area (Å²) in [5.74, 6) is 0.388. The molecule has 1 unspecified atom stereocenters. The van der Waals surface area contributed by atoms with E-state index in [0.29, 0.717) is 19.5 Å². The van der Waals surface area contributed by atoms with Gasteiger partial charge in [0.1, 0.15) is 0 Å². The minimum Gasteiger partial charge on any atom is -0.338 e. The summed E-state index contributed by atoms with van der Waals surface area (Å²) in [7, 11) is -1.08. The third-order valence-corrected chi connectivity index (χ3v) is 5.62. The van der Waals surface area contributed by atoms with E-state index in [2.05, 4.69) is 6.08 Å². The van der Waals surface area contributed by atoms with Crippen molar-refractivity contribution in [1.82, 2.24) is 9.80 Å². The van der Waals surface area contributed by atoms with Crippen molar-refractivity contribution in [3.05, 3.63) is 11.6 Å². The highest BCUT2D eigenvalue weighted by Gasteiger charge is 2.31. The minimum atomic E-state index is -2.98. The molecule has 1 fully saturated rings. The SMILES string of the molecule is CC1=CCCN(C(=O)CC2CS(=O)(=O)CCN2C)C1. The van der Waals surface area contributed by atoms with Crippen molar-refractivity contribution in [2.24, 2.45) is 0 Å². The average Bonchev–Trinajstić information content (AvgIpc) is 2.33. The molecule has 5 nitrogen and oxygen atoms in total. The van der Waals surface area contributed by atoms with Crippen LogP contribution in [0.5, 0.6) is 0 Å². The molecule has 0 radical (unpaired) electrons. The van der Waals surface area contributed by atoms with E-state index in [1.54, 1.807) is 0 Å². The van der Waals surface area contributed by atoms with Crippen LogP contribution >= 0.6 is 0 Å². The van der Waals surface area contributed by atoms with Crippen molar-refractivity contribution < 1.29 is 13.2 Å². The van der Waals surface area contributed by atoms with Crippen LogP contribution in [0, 0.1) is 0 Å². The molecule has 108 valence electrons. The Bertz CT molecular complexity index is 484. The van der Waals surface area contributed by atoms with Crippen LogP contribution in [-0.2, 0) is 14.6 Å². The summed E-state index contributed by atoms with van der Waals surface area (Å²) in [6.07, 6.45) is 3.36. The summed E-state index contributed by atoms with van der Waals surface area (Å²) in [6, 6.07) is -0.169. The van der Waals surface area contributed by atoms with Gasteiger partial charge in [0.05, 0.1) is 11.5 Å². The fourth-order valence-corrected chi connectivity index (χ4v) is 4.33. The molecule has 0 aromatic rings. The molecular weight excluding hydrogens is 264 g/mol. The molecule has 0 bridgehead atoms. The Balaban J connectivity index is 1.96. The van der Waals surface area contributed by atoms with Crippen LogP contribution in [0.2, 0.25) is 0 Å². The smallest absolute Gasteiger partial charge is 0.224 e.